The molecule has 0 aliphatic heterocycles. The summed E-state index contributed by atoms with van der Waals surface area (Å²) in [4.78, 5) is 0. The van der Waals surface area contributed by atoms with Gasteiger partial charge >= 0.3 is 0 Å². The molecule has 0 bridgehead atoms. The molecule has 19 heavy (non-hydrogen) atoms. The van der Waals surface area contributed by atoms with Gasteiger partial charge in [-0.05, 0) is 47.0 Å². The Morgan fingerprint density at radius 2 is 2.16 bits per heavy atom. The third-order valence-corrected chi connectivity index (χ3v) is 3.33. The fourth-order valence-corrected chi connectivity index (χ4v) is 2.33. The Kier molecular flexibility index (Phi) is 6.75. The van der Waals surface area contributed by atoms with E-state index in [1.807, 2.05) is 19.1 Å². The summed E-state index contributed by atoms with van der Waals surface area (Å²) in [5, 5.41) is 3.31. The number of terminal acetylenes is 1. The van der Waals surface area contributed by atoms with Gasteiger partial charge in [0, 0.05) is 6.54 Å². The van der Waals surface area contributed by atoms with E-state index in [4.69, 9.17) is 15.9 Å². The second kappa shape index (κ2) is 8.08. The minimum Gasteiger partial charge on any atom is -0.493 e. The molecule has 1 rings (SSSR count). The number of halogens is 1. The monoisotopic (exact) mass is 325 g/mol. The first kappa shape index (κ1) is 15.9. The van der Waals surface area contributed by atoms with E-state index in [1.165, 1.54) is 0 Å². The van der Waals surface area contributed by atoms with E-state index in [9.17, 15) is 0 Å². The van der Waals surface area contributed by atoms with E-state index in [2.05, 4.69) is 34.1 Å². The topological polar surface area (TPSA) is 30.5 Å². The van der Waals surface area contributed by atoms with Crippen LogP contribution in [-0.4, -0.2) is 19.8 Å². The molecule has 104 valence electrons. The van der Waals surface area contributed by atoms with Gasteiger partial charge in [0.25, 0.3) is 0 Å². The quantitative estimate of drug-likeness (QED) is 0.780. The van der Waals surface area contributed by atoms with Crippen molar-refractivity contribution in [2.75, 3.05) is 13.7 Å². The van der Waals surface area contributed by atoms with Gasteiger partial charge in [-0.25, -0.2) is 0 Å². The second-order valence-electron chi connectivity index (χ2n) is 4.05. The third-order valence-electron chi connectivity index (χ3n) is 2.74. The Hall–Kier alpha value is -1.18. The Labute approximate surface area is 123 Å². The summed E-state index contributed by atoms with van der Waals surface area (Å²) >= 11 is 3.51. The largest absolute Gasteiger partial charge is 0.493 e. The van der Waals surface area contributed by atoms with Crippen molar-refractivity contribution < 1.29 is 9.47 Å². The summed E-state index contributed by atoms with van der Waals surface area (Å²) in [6.45, 7) is 5.30. The van der Waals surface area contributed by atoms with Crippen molar-refractivity contribution in [3.63, 3.8) is 0 Å². The number of benzene rings is 1. The molecule has 0 saturated carbocycles. The molecule has 0 spiro atoms. The van der Waals surface area contributed by atoms with Gasteiger partial charge in [-0.3, -0.25) is 5.32 Å². The lowest BCUT2D eigenvalue weighted by Crippen LogP contribution is -2.26. The van der Waals surface area contributed by atoms with Gasteiger partial charge in [-0.1, -0.05) is 12.8 Å². The van der Waals surface area contributed by atoms with E-state index in [0.717, 1.165) is 28.0 Å². The first-order chi connectivity index (χ1) is 9.15. The van der Waals surface area contributed by atoms with Crippen molar-refractivity contribution in [2.24, 2.45) is 0 Å². The fraction of sp³-hybridized carbons (Fsp3) is 0.467. The summed E-state index contributed by atoms with van der Waals surface area (Å²) < 4.78 is 11.8. The maximum Gasteiger partial charge on any atom is 0.175 e. The molecule has 0 amide bonds. The molecule has 3 nitrogen and oxygen atoms in total. The van der Waals surface area contributed by atoms with Crippen molar-refractivity contribution in [1.82, 2.24) is 5.32 Å². The average Bonchev–Trinajstić information content (AvgIpc) is 2.42. The molecule has 1 atom stereocenters. The molecule has 0 saturated heterocycles. The molecule has 0 fully saturated rings. The molecular weight excluding hydrogens is 306 g/mol. The molecule has 0 heterocycles. The first-order valence-corrected chi connectivity index (χ1v) is 7.14. The van der Waals surface area contributed by atoms with Gasteiger partial charge in [0.2, 0.25) is 0 Å². The standard InChI is InChI=1S/C15H20BrNO2/c1-5-12(6-2)17-10-11-8-13(16)15(19-7-3)14(9-11)18-4/h1,8-9,12,17H,6-7,10H2,2-4H3. The summed E-state index contributed by atoms with van der Waals surface area (Å²) in [5.74, 6) is 4.18. The normalized spacial score (nSPS) is 11.7. The Morgan fingerprint density at radius 3 is 2.68 bits per heavy atom. The lowest BCUT2D eigenvalue weighted by atomic mass is 10.1. The summed E-state index contributed by atoms with van der Waals surface area (Å²) in [6.07, 6.45) is 6.34. The SMILES string of the molecule is C#CC(CC)NCc1cc(Br)c(OCC)c(OC)c1. The fourth-order valence-electron chi connectivity index (χ4n) is 1.72. The van der Waals surface area contributed by atoms with Crippen molar-refractivity contribution in [3.8, 4) is 23.8 Å². The van der Waals surface area contributed by atoms with Crippen LogP contribution in [-0.2, 0) is 6.54 Å². The van der Waals surface area contributed by atoms with Gasteiger partial charge in [0.05, 0.1) is 24.2 Å². The highest BCUT2D eigenvalue weighted by molar-refractivity contribution is 9.10. The first-order valence-electron chi connectivity index (χ1n) is 6.34. The zero-order valence-electron chi connectivity index (χ0n) is 11.6. The minimum atomic E-state index is 0.0938. The van der Waals surface area contributed by atoms with Crippen LogP contribution in [0.1, 0.15) is 25.8 Å². The molecule has 1 N–H and O–H groups in total. The molecule has 4 heteroatoms. The van der Waals surface area contributed by atoms with Crippen LogP contribution >= 0.6 is 15.9 Å². The predicted molar refractivity (Wildman–Crippen MR) is 81.6 cm³/mol. The van der Waals surface area contributed by atoms with E-state index >= 15 is 0 Å². The number of rotatable bonds is 7. The lowest BCUT2D eigenvalue weighted by Gasteiger charge is -2.15. The number of methoxy groups -OCH3 is 1. The smallest absolute Gasteiger partial charge is 0.175 e. The maximum atomic E-state index is 5.56. The van der Waals surface area contributed by atoms with Gasteiger partial charge in [-0.15, -0.1) is 6.42 Å². The van der Waals surface area contributed by atoms with E-state index in [1.54, 1.807) is 7.11 Å². The molecule has 0 radical (unpaired) electrons. The molecule has 1 aromatic carbocycles. The van der Waals surface area contributed by atoms with Crippen LogP contribution in [0.4, 0.5) is 0 Å². The van der Waals surface area contributed by atoms with Crippen molar-refractivity contribution in [3.05, 3.63) is 22.2 Å². The molecule has 1 unspecified atom stereocenters. The van der Waals surface area contributed by atoms with Crippen LogP contribution in [0.25, 0.3) is 0 Å². The van der Waals surface area contributed by atoms with Gasteiger partial charge in [0.15, 0.2) is 11.5 Å². The highest BCUT2D eigenvalue weighted by Gasteiger charge is 2.11. The molecular formula is C15H20BrNO2. The van der Waals surface area contributed by atoms with Gasteiger partial charge in [-0.2, -0.15) is 0 Å². The van der Waals surface area contributed by atoms with Crippen molar-refractivity contribution in [1.29, 1.82) is 0 Å². The van der Waals surface area contributed by atoms with Crippen LogP contribution in [0.2, 0.25) is 0 Å². The van der Waals surface area contributed by atoms with E-state index < -0.39 is 0 Å². The number of nitrogens with one attached hydrogen (secondary N) is 1. The van der Waals surface area contributed by atoms with Crippen LogP contribution in [0, 0.1) is 12.3 Å². The van der Waals surface area contributed by atoms with E-state index in [0.29, 0.717) is 13.2 Å². The molecule has 0 aliphatic rings. The predicted octanol–water partition coefficient (Wildman–Crippen LogP) is 3.36. The van der Waals surface area contributed by atoms with Crippen molar-refractivity contribution >= 4 is 15.9 Å². The average molecular weight is 326 g/mol. The van der Waals surface area contributed by atoms with Crippen LogP contribution in [0.3, 0.4) is 0 Å². The van der Waals surface area contributed by atoms with Crippen molar-refractivity contribution in [2.45, 2.75) is 32.9 Å². The maximum absolute atomic E-state index is 5.56. The lowest BCUT2D eigenvalue weighted by molar-refractivity contribution is 0.308. The number of hydrogen-bond acceptors (Lipinski definition) is 3. The highest BCUT2D eigenvalue weighted by Crippen LogP contribution is 2.36. The number of hydrogen-bond donors (Lipinski definition) is 1. The van der Waals surface area contributed by atoms with Gasteiger partial charge < -0.3 is 9.47 Å². The summed E-state index contributed by atoms with van der Waals surface area (Å²) in [6, 6.07) is 4.08. The Morgan fingerprint density at radius 1 is 1.42 bits per heavy atom. The highest BCUT2D eigenvalue weighted by atomic mass is 79.9. The molecule has 0 aliphatic carbocycles. The third kappa shape index (κ3) is 4.45. The van der Waals surface area contributed by atoms with Gasteiger partial charge in [0.1, 0.15) is 0 Å². The Bertz CT molecular complexity index is 454. The summed E-state index contributed by atoms with van der Waals surface area (Å²) in [7, 11) is 1.64. The van der Waals surface area contributed by atoms with Crippen LogP contribution in [0.5, 0.6) is 11.5 Å². The molecule has 0 aromatic heterocycles. The summed E-state index contributed by atoms with van der Waals surface area (Å²) in [5.41, 5.74) is 1.10. The van der Waals surface area contributed by atoms with E-state index in [-0.39, 0.29) is 6.04 Å². The number of ether oxygens (including phenoxy) is 2. The van der Waals surface area contributed by atoms with Crippen LogP contribution < -0.4 is 14.8 Å². The van der Waals surface area contributed by atoms with Crippen LogP contribution in [0.15, 0.2) is 16.6 Å². The second-order valence-corrected chi connectivity index (χ2v) is 4.90. The zero-order chi connectivity index (χ0) is 14.3. The molecule has 1 aromatic rings. The zero-order valence-corrected chi connectivity index (χ0v) is 13.2. The minimum absolute atomic E-state index is 0.0938. The Balaban J connectivity index is 2.86.